The number of hydrogen-bond donors (Lipinski definition) is 2. The highest BCUT2D eigenvalue weighted by Crippen LogP contribution is 2.22. The maximum Gasteiger partial charge on any atom is 0.271 e. The van der Waals surface area contributed by atoms with Crippen LogP contribution in [0.1, 0.15) is 15.9 Å². The Bertz CT molecular complexity index is 1120. The zero-order chi connectivity index (χ0) is 22.2. The third-order valence-corrected chi connectivity index (χ3v) is 4.70. The number of carbonyl (C=O) groups excluding carboxylic acids is 2. The van der Waals surface area contributed by atoms with Gasteiger partial charge in [-0.1, -0.05) is 39.7 Å². The molecular formula is C22H16BrClFN3O3. The number of halogens is 3. The molecule has 6 nitrogen and oxygen atoms in total. The molecule has 0 aromatic heterocycles. The van der Waals surface area contributed by atoms with Gasteiger partial charge in [0.25, 0.3) is 11.8 Å². The standard InChI is InChI=1S/C22H16BrClFN3O3/c23-16-7-10-20(31-13-21(29)27-19-4-2-1-3-18(19)25)15(11-16)12-26-28-22(30)14-5-8-17(24)9-6-14/h1-12H,13H2,(H,27,29)(H,28,30)/b26-12+. The summed E-state index contributed by atoms with van der Waals surface area (Å²) in [5.41, 5.74) is 3.40. The molecular weight excluding hydrogens is 489 g/mol. The van der Waals surface area contributed by atoms with Crippen LogP contribution >= 0.6 is 27.5 Å². The Morgan fingerprint density at radius 2 is 1.84 bits per heavy atom. The lowest BCUT2D eigenvalue weighted by Gasteiger charge is -2.10. The van der Waals surface area contributed by atoms with E-state index in [9.17, 15) is 14.0 Å². The number of benzene rings is 3. The van der Waals surface area contributed by atoms with Crippen LogP contribution in [0.15, 0.2) is 76.3 Å². The lowest BCUT2D eigenvalue weighted by atomic mass is 10.2. The van der Waals surface area contributed by atoms with Gasteiger partial charge in [-0.15, -0.1) is 0 Å². The van der Waals surface area contributed by atoms with Gasteiger partial charge in [0.05, 0.1) is 11.9 Å². The van der Waals surface area contributed by atoms with E-state index >= 15 is 0 Å². The Labute approximate surface area is 191 Å². The monoisotopic (exact) mass is 503 g/mol. The van der Waals surface area contributed by atoms with Gasteiger partial charge in [0.1, 0.15) is 11.6 Å². The van der Waals surface area contributed by atoms with Crippen molar-refractivity contribution in [1.82, 2.24) is 5.43 Å². The van der Waals surface area contributed by atoms with Crippen LogP contribution in [0.5, 0.6) is 5.75 Å². The fraction of sp³-hybridized carbons (Fsp3) is 0.0455. The fourth-order valence-electron chi connectivity index (χ4n) is 2.47. The zero-order valence-corrected chi connectivity index (χ0v) is 18.3. The summed E-state index contributed by atoms with van der Waals surface area (Å²) < 4.78 is 19.9. The van der Waals surface area contributed by atoms with E-state index in [0.29, 0.717) is 21.9 Å². The third-order valence-electron chi connectivity index (χ3n) is 3.95. The van der Waals surface area contributed by atoms with Crippen molar-refractivity contribution in [2.75, 3.05) is 11.9 Å². The number of nitrogens with one attached hydrogen (secondary N) is 2. The van der Waals surface area contributed by atoms with E-state index in [4.69, 9.17) is 16.3 Å². The van der Waals surface area contributed by atoms with Crippen molar-refractivity contribution in [3.05, 3.63) is 93.2 Å². The van der Waals surface area contributed by atoms with Crippen molar-refractivity contribution in [1.29, 1.82) is 0 Å². The van der Waals surface area contributed by atoms with Crippen LogP contribution in [-0.2, 0) is 4.79 Å². The van der Waals surface area contributed by atoms with Crippen molar-refractivity contribution < 1.29 is 18.7 Å². The number of amides is 2. The molecule has 0 radical (unpaired) electrons. The maximum atomic E-state index is 13.6. The van der Waals surface area contributed by atoms with Crippen LogP contribution in [0, 0.1) is 5.82 Å². The third kappa shape index (κ3) is 6.63. The number of ether oxygens (including phenoxy) is 1. The van der Waals surface area contributed by atoms with Gasteiger partial charge >= 0.3 is 0 Å². The molecule has 3 aromatic rings. The molecule has 31 heavy (non-hydrogen) atoms. The molecule has 3 rings (SSSR count). The van der Waals surface area contributed by atoms with Gasteiger partial charge < -0.3 is 10.1 Å². The second-order valence-electron chi connectivity index (χ2n) is 6.20. The summed E-state index contributed by atoms with van der Waals surface area (Å²) in [5, 5.41) is 6.91. The molecule has 0 spiro atoms. The van der Waals surface area contributed by atoms with Gasteiger partial charge in [0.15, 0.2) is 6.61 Å². The molecule has 2 amide bonds. The Balaban J connectivity index is 1.62. The van der Waals surface area contributed by atoms with Crippen molar-refractivity contribution in [3.8, 4) is 5.75 Å². The van der Waals surface area contributed by atoms with E-state index in [2.05, 4.69) is 31.8 Å². The minimum Gasteiger partial charge on any atom is -0.483 e. The van der Waals surface area contributed by atoms with Crippen LogP contribution in [0.4, 0.5) is 10.1 Å². The molecule has 0 heterocycles. The number of rotatable bonds is 7. The van der Waals surface area contributed by atoms with E-state index in [0.717, 1.165) is 4.47 Å². The van der Waals surface area contributed by atoms with E-state index < -0.39 is 17.6 Å². The molecule has 0 fully saturated rings. The average Bonchev–Trinajstić information content (AvgIpc) is 2.75. The molecule has 2 N–H and O–H groups in total. The van der Waals surface area contributed by atoms with Crippen LogP contribution in [0.25, 0.3) is 0 Å². The molecule has 0 aliphatic carbocycles. The Kier molecular flexibility index (Phi) is 7.75. The predicted molar refractivity (Wildman–Crippen MR) is 121 cm³/mol. The molecule has 3 aromatic carbocycles. The first kappa shape index (κ1) is 22.5. The lowest BCUT2D eigenvalue weighted by molar-refractivity contribution is -0.118. The summed E-state index contributed by atoms with van der Waals surface area (Å²) in [6.45, 7) is -0.339. The summed E-state index contributed by atoms with van der Waals surface area (Å²) >= 11 is 9.17. The fourth-order valence-corrected chi connectivity index (χ4v) is 2.97. The highest BCUT2D eigenvalue weighted by atomic mass is 79.9. The summed E-state index contributed by atoms with van der Waals surface area (Å²) in [5.74, 6) is -1.11. The van der Waals surface area contributed by atoms with E-state index in [-0.39, 0.29) is 12.3 Å². The Morgan fingerprint density at radius 1 is 1.10 bits per heavy atom. The summed E-state index contributed by atoms with van der Waals surface area (Å²) in [6, 6.07) is 17.3. The molecule has 0 atom stereocenters. The Morgan fingerprint density at radius 3 is 2.58 bits per heavy atom. The predicted octanol–water partition coefficient (Wildman–Crippen LogP) is 5.02. The number of hydrazone groups is 1. The average molecular weight is 505 g/mol. The SMILES string of the molecule is O=C(COc1ccc(Br)cc1/C=N/NC(=O)c1ccc(Cl)cc1)Nc1ccccc1F. The van der Waals surface area contributed by atoms with Gasteiger partial charge in [0.2, 0.25) is 0 Å². The first-order chi connectivity index (χ1) is 14.9. The van der Waals surface area contributed by atoms with Crippen LogP contribution in [0.3, 0.4) is 0 Å². The normalized spacial score (nSPS) is 10.7. The van der Waals surface area contributed by atoms with Gasteiger partial charge in [-0.05, 0) is 54.6 Å². The van der Waals surface area contributed by atoms with Gasteiger partial charge in [-0.3, -0.25) is 9.59 Å². The van der Waals surface area contributed by atoms with E-state index in [1.54, 1.807) is 48.5 Å². The molecule has 0 saturated heterocycles. The number of hydrogen-bond acceptors (Lipinski definition) is 4. The van der Waals surface area contributed by atoms with Crippen LogP contribution in [0.2, 0.25) is 5.02 Å². The summed E-state index contributed by atoms with van der Waals surface area (Å²) in [4.78, 5) is 24.2. The van der Waals surface area contributed by atoms with Crippen molar-refractivity contribution in [3.63, 3.8) is 0 Å². The number of nitrogens with zero attached hydrogens (tertiary/aromatic N) is 1. The molecule has 0 unspecified atom stereocenters. The van der Waals surface area contributed by atoms with Gasteiger partial charge in [-0.25, -0.2) is 9.82 Å². The van der Waals surface area contributed by atoms with Crippen molar-refractivity contribution in [2.45, 2.75) is 0 Å². The van der Waals surface area contributed by atoms with E-state index in [1.165, 1.54) is 24.4 Å². The molecule has 158 valence electrons. The topological polar surface area (TPSA) is 79.8 Å². The molecule has 0 bridgehead atoms. The largest absolute Gasteiger partial charge is 0.483 e. The second-order valence-corrected chi connectivity index (χ2v) is 7.56. The summed E-state index contributed by atoms with van der Waals surface area (Å²) in [7, 11) is 0. The smallest absolute Gasteiger partial charge is 0.271 e. The van der Waals surface area contributed by atoms with Crippen molar-refractivity contribution >= 4 is 51.2 Å². The minimum atomic E-state index is -0.538. The number of anilines is 1. The Hall–Kier alpha value is -3.23. The first-order valence-corrected chi connectivity index (χ1v) is 10.1. The van der Waals surface area contributed by atoms with Crippen LogP contribution < -0.4 is 15.5 Å². The lowest BCUT2D eigenvalue weighted by Crippen LogP contribution is -2.21. The highest BCUT2D eigenvalue weighted by molar-refractivity contribution is 9.10. The van der Waals surface area contributed by atoms with E-state index in [1.807, 2.05) is 0 Å². The number of carbonyl (C=O) groups is 2. The van der Waals surface area contributed by atoms with Gasteiger partial charge in [-0.2, -0.15) is 5.10 Å². The van der Waals surface area contributed by atoms with Crippen LogP contribution in [-0.4, -0.2) is 24.6 Å². The van der Waals surface area contributed by atoms with Crippen molar-refractivity contribution in [2.24, 2.45) is 5.10 Å². The molecule has 9 heteroatoms. The second kappa shape index (κ2) is 10.7. The molecule has 0 aliphatic heterocycles. The van der Waals surface area contributed by atoms with Gasteiger partial charge in [0, 0.05) is 20.6 Å². The minimum absolute atomic E-state index is 0.0682. The zero-order valence-electron chi connectivity index (χ0n) is 15.9. The molecule has 0 saturated carbocycles. The first-order valence-electron chi connectivity index (χ1n) is 8.98. The maximum absolute atomic E-state index is 13.6. The highest BCUT2D eigenvalue weighted by Gasteiger charge is 2.10. The summed E-state index contributed by atoms with van der Waals surface area (Å²) in [6.07, 6.45) is 1.39. The number of para-hydroxylation sites is 1. The molecule has 0 aliphatic rings. The quantitative estimate of drug-likeness (QED) is 0.350.